The summed E-state index contributed by atoms with van der Waals surface area (Å²) in [5.74, 6) is 0. The molecule has 1 fully saturated rings. The Morgan fingerprint density at radius 3 is 1.90 bits per heavy atom. The van der Waals surface area contributed by atoms with E-state index in [-0.39, 0.29) is 16.4 Å². The molecule has 17 heteroatoms. The van der Waals surface area contributed by atoms with E-state index < -0.39 is 68.4 Å². The molecule has 30 heavy (non-hydrogen) atoms. The van der Waals surface area contributed by atoms with Gasteiger partial charge in [0.15, 0.2) is 41.2 Å². The molecule has 0 bridgehead atoms. The van der Waals surface area contributed by atoms with Crippen molar-refractivity contribution in [2.24, 2.45) is 0 Å². The van der Waals surface area contributed by atoms with E-state index in [1.807, 2.05) is 0 Å². The fourth-order valence-electron chi connectivity index (χ4n) is 3.13. The number of hydrogen-bond acceptors (Lipinski definition) is 12. The molecule has 0 aromatic carbocycles. The Balaban J connectivity index is 3.04. The normalized spacial score (nSPS) is 31.6. The van der Waals surface area contributed by atoms with Crippen molar-refractivity contribution in [2.75, 3.05) is 18.8 Å². The van der Waals surface area contributed by atoms with Gasteiger partial charge in [-0.3, -0.25) is 14.3 Å². The quantitative estimate of drug-likeness (QED) is 0.305. The molecule has 172 valence electrons. The number of hydrogen-bond donors (Lipinski definition) is 4. The smallest absolute Gasteiger partial charge is 0.330 e. The van der Waals surface area contributed by atoms with Gasteiger partial charge in [-0.15, -0.1) is 0 Å². The number of aromatic nitrogens is 2. The molecule has 5 atom stereocenters. The van der Waals surface area contributed by atoms with Gasteiger partial charge in [0.05, 0.1) is 0 Å². The van der Waals surface area contributed by atoms with Gasteiger partial charge in [0.1, 0.15) is 6.10 Å². The third-order valence-electron chi connectivity index (χ3n) is 4.74. The van der Waals surface area contributed by atoms with Gasteiger partial charge < -0.3 is 20.1 Å². The van der Waals surface area contributed by atoms with Gasteiger partial charge in [-0.25, -0.2) is 30.0 Å². The summed E-state index contributed by atoms with van der Waals surface area (Å²) in [6.07, 6.45) is -3.61. The molecule has 4 N–H and O–H groups in total. The molecular formula is C13H20N2O12S3. The van der Waals surface area contributed by atoms with Crippen molar-refractivity contribution in [3.05, 3.63) is 32.6 Å². The van der Waals surface area contributed by atoms with Gasteiger partial charge in [0.25, 0.3) is 10.5 Å². The molecule has 1 saturated heterocycles. The third-order valence-corrected chi connectivity index (χ3v) is 9.31. The fourth-order valence-corrected chi connectivity index (χ4v) is 7.25. The van der Waals surface area contributed by atoms with Crippen LogP contribution in [0.4, 0.5) is 0 Å². The summed E-state index contributed by atoms with van der Waals surface area (Å²) in [5.41, 5.74) is -5.30. The van der Waals surface area contributed by atoms with Crippen LogP contribution in [0.15, 0.2) is 15.8 Å². The maximum absolute atomic E-state index is 12.5. The fraction of sp³-hybridized carbons (Fsp3) is 0.692. The van der Waals surface area contributed by atoms with Gasteiger partial charge in [-0.05, 0) is 6.92 Å². The number of aliphatic hydroxyl groups excluding tert-OH is 1. The number of aryl methyl sites for hydroxylation is 1. The molecule has 0 spiro atoms. The average Bonchev–Trinajstić information content (AvgIpc) is 2.79. The Bertz CT molecular complexity index is 1310. The molecule has 0 aliphatic carbocycles. The number of nitrogens with zero attached hydrogens (tertiary/aromatic N) is 1. The topological polar surface area (TPSA) is 227 Å². The third kappa shape index (κ3) is 3.33. The van der Waals surface area contributed by atoms with Crippen LogP contribution >= 0.6 is 0 Å². The van der Waals surface area contributed by atoms with Crippen molar-refractivity contribution in [1.82, 2.24) is 9.55 Å². The lowest BCUT2D eigenvalue weighted by Gasteiger charge is -2.38. The van der Waals surface area contributed by atoms with Gasteiger partial charge in [0.2, 0.25) is 4.93 Å². The zero-order chi connectivity index (χ0) is 23.7. The van der Waals surface area contributed by atoms with Crippen LogP contribution in [-0.2, 0) is 34.2 Å². The number of ether oxygens (including phenoxy) is 1. The Morgan fingerprint density at radius 2 is 1.50 bits per heavy atom. The van der Waals surface area contributed by atoms with E-state index in [1.54, 1.807) is 4.98 Å². The van der Waals surface area contributed by atoms with Crippen LogP contribution in [0.3, 0.4) is 0 Å². The molecule has 1 aliphatic heterocycles. The first-order valence-electron chi connectivity index (χ1n) is 7.89. The predicted octanol–water partition coefficient (Wildman–Crippen LogP) is -4.43. The molecule has 1 aliphatic rings. The van der Waals surface area contributed by atoms with Crippen molar-refractivity contribution >= 4 is 29.5 Å². The van der Waals surface area contributed by atoms with Gasteiger partial charge in [-0.2, -0.15) is 0 Å². The minimum Gasteiger partial charge on any atom is -0.375 e. The van der Waals surface area contributed by atoms with Crippen LogP contribution in [-0.4, -0.2) is 90.3 Å². The summed E-state index contributed by atoms with van der Waals surface area (Å²) in [4.78, 5) is 17.8. The Hall–Kier alpha value is -1.63. The molecule has 0 amide bonds. The van der Waals surface area contributed by atoms with Crippen LogP contribution in [0.1, 0.15) is 11.8 Å². The van der Waals surface area contributed by atoms with E-state index >= 15 is 0 Å². The highest BCUT2D eigenvalue weighted by Gasteiger charge is 2.79. The highest BCUT2D eigenvalue weighted by molar-refractivity contribution is 7.96. The van der Waals surface area contributed by atoms with Crippen LogP contribution in [0, 0.1) is 6.92 Å². The second-order valence-corrected chi connectivity index (χ2v) is 13.5. The number of aliphatic hydroxyl groups is 3. The maximum atomic E-state index is 12.5. The zero-order valence-corrected chi connectivity index (χ0v) is 18.4. The number of H-pyrrole nitrogens is 1. The SMILES string of the molecule is Cc1cn([C@@H]2O[C@H](C(O)S(C)(=O)=O)[C@](O)(S(C)(=O)=O)[C@]2(O)S(C)(=O)=O)c(=O)[nH]c1=O. The zero-order valence-electron chi connectivity index (χ0n) is 16.0. The van der Waals surface area contributed by atoms with E-state index in [0.717, 1.165) is 0 Å². The van der Waals surface area contributed by atoms with Gasteiger partial charge in [0, 0.05) is 30.5 Å². The summed E-state index contributed by atoms with van der Waals surface area (Å²) in [7, 11) is -14.8. The minimum absolute atomic E-state index is 0.205. The number of sulfone groups is 3. The van der Waals surface area contributed by atoms with Crippen molar-refractivity contribution in [3.63, 3.8) is 0 Å². The lowest BCUT2D eigenvalue weighted by molar-refractivity contribution is -0.0723. The van der Waals surface area contributed by atoms with Crippen molar-refractivity contribution in [2.45, 2.75) is 34.6 Å². The first-order valence-corrected chi connectivity index (χ1v) is 13.6. The van der Waals surface area contributed by atoms with Crippen molar-refractivity contribution in [1.29, 1.82) is 0 Å². The Labute approximate surface area is 170 Å². The second-order valence-electron chi connectivity index (χ2n) is 7.05. The lowest BCUT2D eigenvalue weighted by Crippen LogP contribution is -2.68. The molecule has 2 heterocycles. The number of aromatic amines is 1. The van der Waals surface area contributed by atoms with Crippen molar-refractivity contribution < 1.29 is 45.3 Å². The second kappa shape index (κ2) is 6.94. The lowest BCUT2D eigenvalue weighted by atomic mass is 10.1. The van der Waals surface area contributed by atoms with Crippen molar-refractivity contribution in [3.8, 4) is 0 Å². The molecule has 1 aromatic rings. The van der Waals surface area contributed by atoms with E-state index in [0.29, 0.717) is 18.7 Å². The first-order chi connectivity index (χ1) is 13.2. The highest BCUT2D eigenvalue weighted by atomic mass is 32.2. The summed E-state index contributed by atoms with van der Waals surface area (Å²) >= 11 is 0. The highest BCUT2D eigenvalue weighted by Crippen LogP contribution is 2.52. The molecular weight excluding hydrogens is 472 g/mol. The summed E-state index contributed by atoms with van der Waals surface area (Å²) < 4.78 is 78.8. The average molecular weight is 493 g/mol. The maximum Gasteiger partial charge on any atom is 0.330 e. The molecule has 0 saturated carbocycles. The van der Waals surface area contributed by atoms with E-state index in [1.165, 1.54) is 6.92 Å². The van der Waals surface area contributed by atoms with Crippen LogP contribution in [0.2, 0.25) is 0 Å². The largest absolute Gasteiger partial charge is 0.375 e. The number of nitrogens with one attached hydrogen (secondary N) is 1. The summed E-state index contributed by atoms with van der Waals surface area (Å²) in [6.45, 7) is 1.18. The summed E-state index contributed by atoms with van der Waals surface area (Å²) in [5, 5.41) is 32.2. The van der Waals surface area contributed by atoms with Crippen LogP contribution < -0.4 is 11.2 Å². The molecule has 1 aromatic heterocycles. The van der Waals surface area contributed by atoms with E-state index in [2.05, 4.69) is 0 Å². The number of rotatable bonds is 5. The molecule has 14 nitrogen and oxygen atoms in total. The van der Waals surface area contributed by atoms with Crippen LogP contribution in [0.5, 0.6) is 0 Å². The Morgan fingerprint density at radius 1 is 1.03 bits per heavy atom. The van der Waals surface area contributed by atoms with Gasteiger partial charge in [-0.1, -0.05) is 0 Å². The monoisotopic (exact) mass is 492 g/mol. The van der Waals surface area contributed by atoms with E-state index in [9.17, 15) is 50.2 Å². The predicted molar refractivity (Wildman–Crippen MR) is 100 cm³/mol. The summed E-state index contributed by atoms with van der Waals surface area (Å²) in [6, 6.07) is 0. The molecule has 0 radical (unpaired) electrons. The molecule has 1 unspecified atom stereocenters. The minimum atomic E-state index is -5.13. The standard InChI is InChI=1S/C13H20N2O12S3/c1-6-5-15(11(18)14-8(6)16)10-13(20,30(4,25)26)12(19,29(3,23)24)7(27-10)9(17)28(2,21)22/h5,7,9-10,17,19-20H,1-4H3,(H,14,16,18)/t7-,9?,10-,12+,13-/m1/s1. The van der Waals surface area contributed by atoms with Gasteiger partial charge >= 0.3 is 5.69 Å². The Kier molecular flexibility index (Phi) is 5.70. The van der Waals surface area contributed by atoms with Crippen LogP contribution in [0.25, 0.3) is 0 Å². The first kappa shape index (κ1) is 24.6. The molecule has 2 rings (SSSR count). The van der Waals surface area contributed by atoms with E-state index in [4.69, 9.17) is 4.74 Å².